The van der Waals surface area contributed by atoms with Crippen molar-refractivity contribution in [2.24, 2.45) is 0 Å². The van der Waals surface area contributed by atoms with E-state index < -0.39 is 0 Å². The van der Waals surface area contributed by atoms with E-state index in [9.17, 15) is 4.79 Å². The SMILES string of the molecule is C1CCCCC1.CC(C)=O.CCCCCC. The number of hydrogen-bond acceptors (Lipinski definition) is 1. The second-order valence-corrected chi connectivity index (χ2v) is 4.74. The Morgan fingerprint density at radius 3 is 1.06 bits per heavy atom. The molecule has 98 valence electrons. The van der Waals surface area contributed by atoms with Crippen molar-refractivity contribution < 1.29 is 4.79 Å². The Balaban J connectivity index is 0. The van der Waals surface area contributed by atoms with E-state index in [1.807, 2.05) is 0 Å². The van der Waals surface area contributed by atoms with E-state index >= 15 is 0 Å². The van der Waals surface area contributed by atoms with E-state index in [1.165, 1.54) is 78.1 Å². The fourth-order valence-electron chi connectivity index (χ4n) is 1.56. The standard InChI is InChI=1S/C6H12.C6H14.C3H6O/c1-2-4-6-5-3-1;1-3-5-6-4-2;1-3(2)4/h1-6H2;3-6H2,1-2H3;1-2H3. The first kappa shape index (κ1) is 18.0. The van der Waals surface area contributed by atoms with Gasteiger partial charge in [-0.05, 0) is 13.8 Å². The number of carbonyl (C=O) groups excluding carboxylic acids is 1. The third kappa shape index (κ3) is 29.2. The molecular weight excluding hydrogens is 196 g/mol. The van der Waals surface area contributed by atoms with Gasteiger partial charge in [0.05, 0.1) is 0 Å². The van der Waals surface area contributed by atoms with Crippen molar-refractivity contribution in [2.45, 2.75) is 91.9 Å². The van der Waals surface area contributed by atoms with Crippen LogP contribution in [0, 0.1) is 0 Å². The summed E-state index contributed by atoms with van der Waals surface area (Å²) in [5.41, 5.74) is 0. The molecule has 1 rings (SSSR count). The summed E-state index contributed by atoms with van der Waals surface area (Å²) in [4.78, 5) is 9.44. The summed E-state index contributed by atoms with van der Waals surface area (Å²) in [6.45, 7) is 7.52. The Kier molecular flexibility index (Phi) is 19.3. The van der Waals surface area contributed by atoms with Crippen LogP contribution < -0.4 is 0 Å². The first-order valence-electron chi connectivity index (χ1n) is 7.12. The van der Waals surface area contributed by atoms with Gasteiger partial charge in [-0.25, -0.2) is 0 Å². The second kappa shape index (κ2) is 17.1. The molecule has 0 aromatic rings. The van der Waals surface area contributed by atoms with Gasteiger partial charge < -0.3 is 4.79 Å². The van der Waals surface area contributed by atoms with Crippen molar-refractivity contribution >= 4 is 5.78 Å². The van der Waals surface area contributed by atoms with Crippen LogP contribution in [-0.4, -0.2) is 5.78 Å². The third-order valence-corrected chi connectivity index (χ3v) is 2.46. The number of hydrogen-bond donors (Lipinski definition) is 0. The molecule has 0 spiro atoms. The van der Waals surface area contributed by atoms with Crippen LogP contribution in [0.5, 0.6) is 0 Å². The molecule has 0 aromatic carbocycles. The van der Waals surface area contributed by atoms with Crippen molar-refractivity contribution in [2.75, 3.05) is 0 Å². The molecule has 0 radical (unpaired) electrons. The molecule has 0 amide bonds. The minimum atomic E-state index is 0.167. The number of rotatable bonds is 3. The summed E-state index contributed by atoms with van der Waals surface area (Å²) < 4.78 is 0. The predicted octanol–water partition coefficient (Wildman–Crippen LogP) is 5.52. The van der Waals surface area contributed by atoms with Crippen LogP contribution in [0.3, 0.4) is 0 Å². The highest BCUT2D eigenvalue weighted by molar-refractivity contribution is 5.72. The zero-order valence-electron chi connectivity index (χ0n) is 12.0. The Labute approximate surface area is 103 Å². The van der Waals surface area contributed by atoms with Crippen LogP contribution in [-0.2, 0) is 4.79 Å². The number of unbranched alkanes of at least 4 members (excludes halogenated alkanes) is 3. The first-order valence-corrected chi connectivity index (χ1v) is 7.12. The lowest BCUT2D eigenvalue weighted by molar-refractivity contribution is -0.114. The highest BCUT2D eigenvalue weighted by atomic mass is 16.1. The molecule has 0 aliphatic heterocycles. The molecule has 1 aliphatic rings. The van der Waals surface area contributed by atoms with E-state index in [1.54, 1.807) is 0 Å². The highest BCUT2D eigenvalue weighted by Gasteiger charge is 1.95. The minimum absolute atomic E-state index is 0.167. The Morgan fingerprint density at radius 2 is 0.938 bits per heavy atom. The van der Waals surface area contributed by atoms with Gasteiger partial charge in [-0.1, -0.05) is 78.1 Å². The first-order chi connectivity index (χ1) is 7.65. The van der Waals surface area contributed by atoms with Crippen molar-refractivity contribution in [3.8, 4) is 0 Å². The summed E-state index contributed by atoms with van der Waals surface area (Å²) >= 11 is 0. The lowest BCUT2D eigenvalue weighted by Gasteiger charge is -2.05. The zero-order valence-corrected chi connectivity index (χ0v) is 12.0. The Morgan fingerprint density at radius 1 is 0.750 bits per heavy atom. The molecule has 0 N–H and O–H groups in total. The number of Topliss-reactive ketones (excluding diaryl/α,β-unsaturated/α-hetero) is 1. The van der Waals surface area contributed by atoms with Gasteiger partial charge in [-0.2, -0.15) is 0 Å². The van der Waals surface area contributed by atoms with Crippen LogP contribution in [0.1, 0.15) is 91.9 Å². The minimum Gasteiger partial charge on any atom is -0.300 e. The molecule has 0 heterocycles. The molecular formula is C15H32O. The number of ketones is 1. The fourth-order valence-corrected chi connectivity index (χ4v) is 1.56. The Bertz CT molecular complexity index is 106. The average molecular weight is 228 g/mol. The molecule has 16 heavy (non-hydrogen) atoms. The maximum absolute atomic E-state index is 9.44. The summed E-state index contributed by atoms with van der Waals surface area (Å²) in [5, 5.41) is 0. The summed E-state index contributed by atoms with van der Waals surface area (Å²) in [6, 6.07) is 0. The summed E-state index contributed by atoms with van der Waals surface area (Å²) in [5.74, 6) is 0.167. The predicted molar refractivity (Wildman–Crippen MR) is 73.9 cm³/mol. The van der Waals surface area contributed by atoms with Crippen LogP contribution in [0.2, 0.25) is 0 Å². The lowest BCUT2D eigenvalue weighted by atomic mass is 10.0. The topological polar surface area (TPSA) is 17.1 Å². The maximum Gasteiger partial charge on any atom is 0.126 e. The van der Waals surface area contributed by atoms with Crippen LogP contribution in [0.4, 0.5) is 0 Å². The van der Waals surface area contributed by atoms with Crippen molar-refractivity contribution in [3.63, 3.8) is 0 Å². The summed E-state index contributed by atoms with van der Waals surface area (Å²) in [7, 11) is 0. The molecule has 1 nitrogen and oxygen atoms in total. The quantitative estimate of drug-likeness (QED) is 0.581. The zero-order chi connectivity index (χ0) is 12.6. The van der Waals surface area contributed by atoms with E-state index in [-0.39, 0.29) is 5.78 Å². The second-order valence-electron chi connectivity index (χ2n) is 4.74. The van der Waals surface area contributed by atoms with Crippen LogP contribution in [0.15, 0.2) is 0 Å². The maximum atomic E-state index is 9.44. The molecule has 1 saturated carbocycles. The molecule has 0 aromatic heterocycles. The summed E-state index contributed by atoms with van der Waals surface area (Å²) in [6.07, 6.45) is 14.5. The van der Waals surface area contributed by atoms with E-state index in [2.05, 4.69) is 13.8 Å². The molecule has 0 bridgehead atoms. The highest BCUT2D eigenvalue weighted by Crippen LogP contribution is 2.15. The fraction of sp³-hybridized carbons (Fsp3) is 0.933. The molecule has 1 heteroatoms. The van der Waals surface area contributed by atoms with Crippen LogP contribution >= 0.6 is 0 Å². The molecule has 1 fully saturated rings. The Hall–Kier alpha value is -0.330. The van der Waals surface area contributed by atoms with E-state index in [0.29, 0.717) is 0 Å². The van der Waals surface area contributed by atoms with Gasteiger partial charge in [0.15, 0.2) is 0 Å². The van der Waals surface area contributed by atoms with Gasteiger partial charge in [0.2, 0.25) is 0 Å². The molecule has 0 saturated heterocycles. The van der Waals surface area contributed by atoms with Gasteiger partial charge in [0.1, 0.15) is 5.78 Å². The number of carbonyl (C=O) groups is 1. The average Bonchev–Trinajstić information content (AvgIpc) is 2.29. The van der Waals surface area contributed by atoms with Crippen molar-refractivity contribution in [3.05, 3.63) is 0 Å². The normalized spacial score (nSPS) is 14.0. The van der Waals surface area contributed by atoms with Gasteiger partial charge in [-0.15, -0.1) is 0 Å². The van der Waals surface area contributed by atoms with Crippen LogP contribution in [0.25, 0.3) is 0 Å². The monoisotopic (exact) mass is 228 g/mol. The van der Waals surface area contributed by atoms with E-state index in [4.69, 9.17) is 0 Å². The largest absolute Gasteiger partial charge is 0.300 e. The van der Waals surface area contributed by atoms with Gasteiger partial charge >= 0.3 is 0 Å². The molecule has 0 atom stereocenters. The van der Waals surface area contributed by atoms with Gasteiger partial charge in [0, 0.05) is 0 Å². The van der Waals surface area contributed by atoms with Crippen molar-refractivity contribution in [1.82, 2.24) is 0 Å². The van der Waals surface area contributed by atoms with Gasteiger partial charge in [-0.3, -0.25) is 0 Å². The van der Waals surface area contributed by atoms with Crippen molar-refractivity contribution in [1.29, 1.82) is 0 Å². The molecule has 1 aliphatic carbocycles. The van der Waals surface area contributed by atoms with E-state index in [0.717, 1.165) is 0 Å². The molecule has 0 unspecified atom stereocenters. The smallest absolute Gasteiger partial charge is 0.126 e. The third-order valence-electron chi connectivity index (χ3n) is 2.46. The van der Waals surface area contributed by atoms with Gasteiger partial charge in [0.25, 0.3) is 0 Å². The lowest BCUT2D eigenvalue weighted by Crippen LogP contribution is -1.85.